The monoisotopic (exact) mass is 298 g/mol. The summed E-state index contributed by atoms with van der Waals surface area (Å²) in [4.78, 5) is 11.7. The highest BCUT2D eigenvalue weighted by Gasteiger charge is 2.17. The van der Waals surface area contributed by atoms with Crippen LogP contribution < -0.4 is 15.4 Å². The lowest BCUT2D eigenvalue weighted by molar-refractivity contribution is -0.121. The quantitative estimate of drug-likeness (QED) is 0.842. The van der Waals surface area contributed by atoms with E-state index in [1.165, 1.54) is 5.56 Å². The van der Waals surface area contributed by atoms with Crippen molar-refractivity contribution in [1.29, 1.82) is 0 Å². The van der Waals surface area contributed by atoms with Gasteiger partial charge in [0.1, 0.15) is 5.75 Å². The Hall–Kier alpha value is -1.26. The van der Waals surface area contributed by atoms with E-state index in [1.54, 1.807) is 7.11 Å². The molecule has 0 aliphatic carbocycles. The maximum Gasteiger partial charge on any atom is 0.220 e. The van der Waals surface area contributed by atoms with E-state index >= 15 is 0 Å². The average Bonchev–Trinajstić information content (AvgIpc) is 2.92. The van der Waals surface area contributed by atoms with Crippen molar-refractivity contribution in [3.63, 3.8) is 0 Å². The van der Waals surface area contributed by atoms with E-state index < -0.39 is 0 Å². The van der Waals surface area contributed by atoms with Gasteiger partial charge in [0.25, 0.3) is 0 Å². The van der Waals surface area contributed by atoms with Crippen molar-refractivity contribution in [2.75, 3.05) is 26.7 Å². The lowest BCUT2D eigenvalue weighted by Crippen LogP contribution is -2.28. The maximum absolute atomic E-state index is 11.7. The second-order valence-corrected chi connectivity index (χ2v) is 5.01. The van der Waals surface area contributed by atoms with E-state index in [-0.39, 0.29) is 18.3 Å². The molecule has 1 aromatic rings. The molecule has 1 aromatic carbocycles. The summed E-state index contributed by atoms with van der Waals surface area (Å²) < 4.78 is 5.11. The molecule has 0 saturated carbocycles. The summed E-state index contributed by atoms with van der Waals surface area (Å²) in [7, 11) is 1.66. The fraction of sp³-hybridized carbons (Fsp3) is 0.533. The van der Waals surface area contributed by atoms with Gasteiger partial charge >= 0.3 is 0 Å². The Kier molecular flexibility index (Phi) is 7.41. The third kappa shape index (κ3) is 5.39. The molecule has 1 aliphatic rings. The van der Waals surface area contributed by atoms with E-state index in [4.69, 9.17) is 4.74 Å². The van der Waals surface area contributed by atoms with Gasteiger partial charge in [0.05, 0.1) is 7.11 Å². The lowest BCUT2D eigenvalue weighted by atomic mass is 10.0. The predicted octanol–water partition coefficient (Wildman–Crippen LogP) is 1.78. The van der Waals surface area contributed by atoms with Gasteiger partial charge in [0.15, 0.2) is 0 Å². The molecule has 1 amide bonds. The molecule has 1 heterocycles. The van der Waals surface area contributed by atoms with Gasteiger partial charge in [-0.05, 0) is 49.5 Å². The minimum absolute atomic E-state index is 0. The normalized spacial score (nSPS) is 17.4. The number of hydrogen-bond donors (Lipinski definition) is 2. The third-order valence-electron chi connectivity index (χ3n) is 3.53. The number of methoxy groups -OCH3 is 1. The number of hydrogen-bond acceptors (Lipinski definition) is 3. The number of carbonyl (C=O) groups is 1. The molecule has 112 valence electrons. The van der Waals surface area contributed by atoms with Crippen LogP contribution in [-0.4, -0.2) is 32.7 Å². The van der Waals surface area contributed by atoms with Crippen molar-refractivity contribution >= 4 is 18.3 Å². The molecule has 1 saturated heterocycles. The summed E-state index contributed by atoms with van der Waals surface area (Å²) in [6.07, 6.45) is 2.63. The van der Waals surface area contributed by atoms with Crippen LogP contribution in [0, 0.1) is 5.92 Å². The second kappa shape index (κ2) is 8.82. The zero-order valence-electron chi connectivity index (χ0n) is 11.9. The van der Waals surface area contributed by atoms with Crippen molar-refractivity contribution < 1.29 is 9.53 Å². The fourth-order valence-electron chi connectivity index (χ4n) is 2.36. The first-order valence-electron chi connectivity index (χ1n) is 6.88. The van der Waals surface area contributed by atoms with Crippen LogP contribution in [0.1, 0.15) is 18.4 Å². The van der Waals surface area contributed by atoms with Gasteiger partial charge in [0.2, 0.25) is 5.91 Å². The van der Waals surface area contributed by atoms with Gasteiger partial charge in [-0.1, -0.05) is 12.1 Å². The smallest absolute Gasteiger partial charge is 0.220 e. The van der Waals surface area contributed by atoms with Gasteiger partial charge in [0, 0.05) is 13.0 Å². The van der Waals surface area contributed by atoms with Crippen molar-refractivity contribution in [3.05, 3.63) is 29.8 Å². The molecule has 0 aromatic heterocycles. The zero-order chi connectivity index (χ0) is 13.5. The Labute approximate surface area is 126 Å². The van der Waals surface area contributed by atoms with Crippen molar-refractivity contribution in [2.24, 2.45) is 5.92 Å². The Bertz CT molecular complexity index is 403. The lowest BCUT2D eigenvalue weighted by Gasteiger charge is -2.09. The Balaban J connectivity index is 0.00000200. The van der Waals surface area contributed by atoms with Gasteiger partial charge in [-0.25, -0.2) is 0 Å². The molecular weight excluding hydrogens is 276 g/mol. The van der Waals surface area contributed by atoms with Gasteiger partial charge < -0.3 is 15.4 Å². The molecule has 20 heavy (non-hydrogen) atoms. The second-order valence-electron chi connectivity index (χ2n) is 5.01. The van der Waals surface area contributed by atoms with Gasteiger partial charge in [-0.15, -0.1) is 12.4 Å². The van der Waals surface area contributed by atoms with Crippen LogP contribution in [0.4, 0.5) is 0 Å². The van der Waals surface area contributed by atoms with E-state index in [2.05, 4.69) is 10.6 Å². The molecule has 2 N–H and O–H groups in total. The number of ether oxygens (including phenoxy) is 1. The summed E-state index contributed by atoms with van der Waals surface area (Å²) in [6, 6.07) is 7.96. The van der Waals surface area contributed by atoms with E-state index in [0.29, 0.717) is 18.9 Å². The first-order chi connectivity index (χ1) is 9.28. The SMILES string of the molecule is COc1ccc(CCNC(=O)CC2CCNC2)cc1.Cl. The molecule has 2 rings (SSSR count). The zero-order valence-corrected chi connectivity index (χ0v) is 12.7. The van der Waals surface area contributed by atoms with Crippen molar-refractivity contribution in [3.8, 4) is 5.75 Å². The van der Waals surface area contributed by atoms with Crippen LogP contribution in [0.25, 0.3) is 0 Å². The minimum atomic E-state index is 0. The minimum Gasteiger partial charge on any atom is -0.497 e. The van der Waals surface area contributed by atoms with Crippen LogP contribution in [-0.2, 0) is 11.2 Å². The number of carbonyl (C=O) groups excluding carboxylic acids is 1. The Morgan fingerprint density at radius 3 is 2.75 bits per heavy atom. The third-order valence-corrected chi connectivity index (χ3v) is 3.53. The maximum atomic E-state index is 11.7. The van der Waals surface area contributed by atoms with Gasteiger partial charge in [-0.3, -0.25) is 4.79 Å². The highest BCUT2D eigenvalue weighted by Crippen LogP contribution is 2.12. The fourth-order valence-corrected chi connectivity index (χ4v) is 2.36. The molecule has 0 radical (unpaired) electrons. The molecule has 4 nitrogen and oxygen atoms in total. The summed E-state index contributed by atoms with van der Waals surface area (Å²) in [5.41, 5.74) is 1.21. The van der Waals surface area contributed by atoms with Crippen molar-refractivity contribution in [1.82, 2.24) is 10.6 Å². The highest BCUT2D eigenvalue weighted by atomic mass is 35.5. The van der Waals surface area contributed by atoms with Crippen LogP contribution in [0.15, 0.2) is 24.3 Å². The van der Waals surface area contributed by atoms with Crippen LogP contribution >= 0.6 is 12.4 Å². The van der Waals surface area contributed by atoms with E-state index in [0.717, 1.165) is 31.7 Å². The summed E-state index contributed by atoms with van der Waals surface area (Å²) in [5, 5.41) is 6.27. The molecular formula is C15H23ClN2O2. The number of amides is 1. The van der Waals surface area contributed by atoms with Crippen LogP contribution in [0.5, 0.6) is 5.75 Å². The Morgan fingerprint density at radius 2 is 2.15 bits per heavy atom. The molecule has 1 aliphatic heterocycles. The number of nitrogens with one attached hydrogen (secondary N) is 2. The molecule has 1 fully saturated rings. The topological polar surface area (TPSA) is 50.4 Å². The van der Waals surface area contributed by atoms with E-state index in [9.17, 15) is 4.79 Å². The summed E-state index contributed by atoms with van der Waals surface area (Å²) in [5.74, 6) is 1.55. The number of halogens is 1. The average molecular weight is 299 g/mol. The molecule has 1 atom stereocenters. The van der Waals surface area contributed by atoms with E-state index in [1.807, 2.05) is 24.3 Å². The van der Waals surface area contributed by atoms with Crippen LogP contribution in [0.2, 0.25) is 0 Å². The Morgan fingerprint density at radius 1 is 1.40 bits per heavy atom. The molecule has 0 spiro atoms. The first kappa shape index (κ1) is 16.8. The predicted molar refractivity (Wildman–Crippen MR) is 82.5 cm³/mol. The van der Waals surface area contributed by atoms with Gasteiger partial charge in [-0.2, -0.15) is 0 Å². The summed E-state index contributed by atoms with van der Waals surface area (Å²) >= 11 is 0. The number of benzene rings is 1. The molecule has 0 bridgehead atoms. The summed E-state index contributed by atoms with van der Waals surface area (Å²) in [6.45, 7) is 2.72. The van der Waals surface area contributed by atoms with Crippen molar-refractivity contribution in [2.45, 2.75) is 19.3 Å². The standard InChI is InChI=1S/C15H22N2O2.ClH/c1-19-14-4-2-12(3-5-14)7-9-17-15(18)10-13-6-8-16-11-13;/h2-5,13,16H,6-11H2,1H3,(H,17,18);1H. The first-order valence-corrected chi connectivity index (χ1v) is 6.88. The highest BCUT2D eigenvalue weighted by molar-refractivity contribution is 5.85. The molecule has 1 unspecified atom stereocenters. The largest absolute Gasteiger partial charge is 0.497 e. The van der Waals surface area contributed by atoms with Crippen LogP contribution in [0.3, 0.4) is 0 Å². The number of rotatable bonds is 6. The molecule has 5 heteroatoms.